The number of thiocarbonyl (C=S) groups is 1. The van der Waals surface area contributed by atoms with E-state index in [4.69, 9.17) is 21.7 Å². The van der Waals surface area contributed by atoms with Crippen LogP contribution >= 0.6 is 12.2 Å². The SMILES string of the molecule is CCOC(=S)[C@H]1O[C@@H](n2ccc(=O)[nH]c2=O)C[C@@H]1O. The van der Waals surface area contributed by atoms with E-state index in [0.29, 0.717) is 6.61 Å². The Labute approximate surface area is 113 Å². The van der Waals surface area contributed by atoms with Gasteiger partial charge in [0.25, 0.3) is 5.56 Å². The topological polar surface area (TPSA) is 93.5 Å². The summed E-state index contributed by atoms with van der Waals surface area (Å²) in [5.74, 6) is 0. The van der Waals surface area contributed by atoms with E-state index in [2.05, 4.69) is 4.98 Å². The van der Waals surface area contributed by atoms with Crippen LogP contribution in [0.2, 0.25) is 0 Å². The molecule has 1 saturated heterocycles. The molecule has 19 heavy (non-hydrogen) atoms. The Morgan fingerprint density at radius 3 is 3.05 bits per heavy atom. The van der Waals surface area contributed by atoms with Crippen LogP contribution in [0.5, 0.6) is 0 Å². The van der Waals surface area contributed by atoms with Gasteiger partial charge in [-0.15, -0.1) is 0 Å². The number of H-pyrrole nitrogens is 1. The van der Waals surface area contributed by atoms with Crippen molar-refractivity contribution >= 4 is 17.3 Å². The van der Waals surface area contributed by atoms with E-state index >= 15 is 0 Å². The molecule has 2 rings (SSSR count). The monoisotopic (exact) mass is 286 g/mol. The Morgan fingerprint density at radius 2 is 2.42 bits per heavy atom. The highest BCUT2D eigenvalue weighted by molar-refractivity contribution is 7.80. The normalized spacial score (nSPS) is 26.3. The van der Waals surface area contributed by atoms with Gasteiger partial charge in [-0.3, -0.25) is 14.3 Å². The zero-order chi connectivity index (χ0) is 14.0. The maximum absolute atomic E-state index is 11.6. The molecule has 1 aromatic heterocycles. The molecular weight excluding hydrogens is 272 g/mol. The van der Waals surface area contributed by atoms with Gasteiger partial charge in [-0.2, -0.15) is 0 Å². The van der Waals surface area contributed by atoms with Crippen molar-refractivity contribution in [1.29, 1.82) is 0 Å². The highest BCUT2D eigenvalue weighted by Gasteiger charge is 2.38. The van der Waals surface area contributed by atoms with Gasteiger partial charge >= 0.3 is 5.69 Å². The number of nitrogens with one attached hydrogen (secondary N) is 1. The zero-order valence-corrected chi connectivity index (χ0v) is 11.1. The summed E-state index contributed by atoms with van der Waals surface area (Å²) < 4.78 is 11.9. The van der Waals surface area contributed by atoms with Crippen LogP contribution in [0, 0.1) is 0 Å². The summed E-state index contributed by atoms with van der Waals surface area (Å²) in [5.41, 5.74) is -1.08. The number of hydrogen-bond acceptors (Lipinski definition) is 6. The van der Waals surface area contributed by atoms with Crippen LogP contribution in [-0.2, 0) is 9.47 Å². The third-order valence-corrected chi connectivity index (χ3v) is 3.13. The molecule has 0 saturated carbocycles. The third-order valence-electron chi connectivity index (χ3n) is 2.78. The molecule has 104 valence electrons. The van der Waals surface area contributed by atoms with Gasteiger partial charge < -0.3 is 14.6 Å². The second-order valence-corrected chi connectivity index (χ2v) is 4.49. The predicted octanol–water partition coefficient (Wildman–Crippen LogP) is -0.451. The van der Waals surface area contributed by atoms with Crippen LogP contribution in [0.15, 0.2) is 21.9 Å². The second-order valence-electron chi connectivity index (χ2n) is 4.08. The number of hydrogen-bond donors (Lipinski definition) is 2. The number of aromatic nitrogens is 2. The highest BCUT2D eigenvalue weighted by Crippen LogP contribution is 2.28. The first kappa shape index (κ1) is 13.9. The van der Waals surface area contributed by atoms with Gasteiger partial charge in [-0.25, -0.2) is 4.79 Å². The average molecular weight is 286 g/mol. The lowest BCUT2D eigenvalue weighted by molar-refractivity contribution is 0.00549. The average Bonchev–Trinajstić information content (AvgIpc) is 2.71. The molecule has 2 N–H and O–H groups in total. The maximum atomic E-state index is 11.6. The first-order chi connectivity index (χ1) is 9.02. The van der Waals surface area contributed by atoms with E-state index in [0.717, 1.165) is 0 Å². The van der Waals surface area contributed by atoms with E-state index in [-0.39, 0.29) is 11.5 Å². The van der Waals surface area contributed by atoms with Gasteiger partial charge in [0.05, 0.1) is 12.7 Å². The van der Waals surface area contributed by atoms with Gasteiger partial charge in [-0.1, -0.05) is 0 Å². The van der Waals surface area contributed by atoms with Gasteiger partial charge in [0.15, 0.2) is 11.2 Å². The minimum absolute atomic E-state index is 0.162. The predicted molar refractivity (Wildman–Crippen MR) is 70.1 cm³/mol. The Balaban J connectivity index is 2.18. The second kappa shape index (κ2) is 5.64. The van der Waals surface area contributed by atoms with Crippen LogP contribution in [0.4, 0.5) is 0 Å². The maximum Gasteiger partial charge on any atom is 0.330 e. The van der Waals surface area contributed by atoms with Crippen molar-refractivity contribution in [2.75, 3.05) is 6.61 Å². The van der Waals surface area contributed by atoms with Crippen LogP contribution in [0.1, 0.15) is 19.6 Å². The lowest BCUT2D eigenvalue weighted by atomic mass is 10.2. The molecule has 0 aromatic carbocycles. The largest absolute Gasteiger partial charge is 0.485 e. The molecule has 0 aliphatic carbocycles. The molecule has 1 aromatic rings. The van der Waals surface area contributed by atoms with Crippen LogP contribution in [0.25, 0.3) is 0 Å². The third kappa shape index (κ3) is 2.91. The number of aliphatic hydroxyl groups excluding tert-OH is 1. The van der Waals surface area contributed by atoms with Gasteiger partial charge in [-0.05, 0) is 19.1 Å². The van der Waals surface area contributed by atoms with Gasteiger partial charge in [0.2, 0.25) is 0 Å². The number of aliphatic hydroxyl groups is 1. The van der Waals surface area contributed by atoms with Crippen molar-refractivity contribution in [2.45, 2.75) is 31.8 Å². The molecule has 0 amide bonds. The van der Waals surface area contributed by atoms with Crippen molar-refractivity contribution in [3.05, 3.63) is 33.1 Å². The van der Waals surface area contributed by atoms with Crippen molar-refractivity contribution in [3.63, 3.8) is 0 Å². The number of nitrogens with zero attached hydrogens (tertiary/aromatic N) is 1. The smallest absolute Gasteiger partial charge is 0.330 e. The van der Waals surface area contributed by atoms with E-state index in [1.165, 1.54) is 16.8 Å². The van der Waals surface area contributed by atoms with E-state index in [1.807, 2.05) is 0 Å². The lowest BCUT2D eigenvalue weighted by Gasteiger charge is -2.16. The van der Waals surface area contributed by atoms with Crippen molar-refractivity contribution in [1.82, 2.24) is 9.55 Å². The fourth-order valence-corrected chi connectivity index (χ4v) is 2.25. The summed E-state index contributed by atoms with van der Waals surface area (Å²) in [4.78, 5) is 24.7. The van der Waals surface area contributed by atoms with Crippen molar-refractivity contribution in [2.24, 2.45) is 0 Å². The molecular formula is C11H14N2O5S. The fourth-order valence-electron chi connectivity index (χ4n) is 1.92. The number of ether oxygens (including phenoxy) is 2. The molecule has 0 radical (unpaired) electrons. The van der Waals surface area contributed by atoms with Crippen molar-refractivity contribution < 1.29 is 14.6 Å². The first-order valence-electron chi connectivity index (χ1n) is 5.84. The van der Waals surface area contributed by atoms with Crippen LogP contribution < -0.4 is 11.2 Å². The molecule has 8 heteroatoms. The van der Waals surface area contributed by atoms with Crippen LogP contribution in [0.3, 0.4) is 0 Å². The molecule has 0 unspecified atom stereocenters. The van der Waals surface area contributed by atoms with Crippen molar-refractivity contribution in [3.8, 4) is 0 Å². The van der Waals surface area contributed by atoms with E-state index < -0.39 is 29.7 Å². The number of rotatable bonds is 3. The van der Waals surface area contributed by atoms with E-state index in [1.54, 1.807) is 6.92 Å². The molecule has 7 nitrogen and oxygen atoms in total. The summed E-state index contributed by atoms with van der Waals surface area (Å²) in [7, 11) is 0. The lowest BCUT2D eigenvalue weighted by Crippen LogP contribution is -2.32. The minimum Gasteiger partial charge on any atom is -0.485 e. The molecule has 2 heterocycles. The summed E-state index contributed by atoms with van der Waals surface area (Å²) in [6.07, 6.45) is -0.751. The zero-order valence-electron chi connectivity index (χ0n) is 10.2. The molecule has 3 atom stereocenters. The fraction of sp³-hybridized carbons (Fsp3) is 0.545. The Hall–Kier alpha value is -1.51. The van der Waals surface area contributed by atoms with E-state index in [9.17, 15) is 14.7 Å². The summed E-state index contributed by atoms with van der Waals surface area (Å²) in [5, 5.41) is 10.0. The summed E-state index contributed by atoms with van der Waals surface area (Å²) in [6.45, 7) is 2.16. The molecule has 1 fully saturated rings. The Kier molecular flexibility index (Phi) is 4.13. The minimum atomic E-state index is -0.845. The number of aromatic amines is 1. The molecule has 1 aliphatic rings. The van der Waals surface area contributed by atoms with Crippen LogP contribution in [-0.4, -0.2) is 38.5 Å². The Bertz CT molecular complexity index is 581. The van der Waals surface area contributed by atoms with Gasteiger partial charge in [0.1, 0.15) is 6.23 Å². The first-order valence-corrected chi connectivity index (χ1v) is 6.25. The Morgan fingerprint density at radius 1 is 1.68 bits per heavy atom. The quantitative estimate of drug-likeness (QED) is 0.731. The molecule has 0 spiro atoms. The summed E-state index contributed by atoms with van der Waals surface area (Å²) >= 11 is 4.99. The molecule has 1 aliphatic heterocycles. The molecule has 0 bridgehead atoms. The highest BCUT2D eigenvalue weighted by atomic mass is 32.1. The van der Waals surface area contributed by atoms with Gasteiger partial charge in [0, 0.05) is 18.7 Å². The standard InChI is InChI=1S/C11H14N2O5S/c1-2-17-10(19)9-6(14)5-8(18-9)13-4-3-7(15)12-11(13)16/h3-4,6,8-9,14H,2,5H2,1H3,(H,12,15,16)/t6-,8+,9-/m0/s1. The summed E-state index contributed by atoms with van der Waals surface area (Å²) in [6, 6.07) is 1.21.